The van der Waals surface area contributed by atoms with E-state index in [1.165, 1.54) is 24.6 Å². The zero-order valence-electron chi connectivity index (χ0n) is 10.9. The van der Waals surface area contributed by atoms with Crippen molar-refractivity contribution < 1.29 is 9.50 Å². The van der Waals surface area contributed by atoms with E-state index in [0.29, 0.717) is 17.2 Å². The predicted molar refractivity (Wildman–Crippen MR) is 71.5 cm³/mol. The van der Waals surface area contributed by atoms with Gasteiger partial charge in [-0.25, -0.2) is 4.39 Å². The first-order chi connectivity index (χ1) is 8.61. The maximum absolute atomic E-state index is 13.3. The average molecular weight is 251 g/mol. The number of aliphatic hydroxyl groups is 1. The summed E-state index contributed by atoms with van der Waals surface area (Å²) in [6, 6.07) is 4.24. The highest BCUT2D eigenvalue weighted by molar-refractivity contribution is 5.48. The van der Waals surface area contributed by atoms with Gasteiger partial charge in [0.15, 0.2) is 0 Å². The van der Waals surface area contributed by atoms with Crippen molar-refractivity contribution in [2.75, 3.05) is 5.73 Å². The van der Waals surface area contributed by atoms with E-state index < -0.39 is 6.10 Å². The number of hydrogen-bond donors (Lipinski definition) is 2. The molecule has 3 N–H and O–H groups in total. The Balaban J connectivity index is 2.14. The second-order valence-corrected chi connectivity index (χ2v) is 5.42. The summed E-state index contributed by atoms with van der Waals surface area (Å²) in [6.07, 6.45) is 4.95. The second-order valence-electron chi connectivity index (χ2n) is 5.42. The Labute approximate surface area is 108 Å². The van der Waals surface area contributed by atoms with Gasteiger partial charge in [-0.05, 0) is 42.9 Å². The van der Waals surface area contributed by atoms with E-state index >= 15 is 0 Å². The minimum absolute atomic E-state index is 0.216. The Kier molecular flexibility index (Phi) is 4.23. The van der Waals surface area contributed by atoms with Crippen molar-refractivity contribution in [1.82, 2.24) is 0 Å². The average Bonchev–Trinajstić information content (AvgIpc) is 2.41. The van der Waals surface area contributed by atoms with Crippen LogP contribution >= 0.6 is 0 Å². The summed E-state index contributed by atoms with van der Waals surface area (Å²) in [5, 5.41) is 10.4. The molecule has 1 aliphatic carbocycles. The molecule has 0 saturated heterocycles. The lowest BCUT2D eigenvalue weighted by atomic mass is 9.76. The molecule has 1 fully saturated rings. The van der Waals surface area contributed by atoms with Gasteiger partial charge in [0.1, 0.15) is 5.82 Å². The molecule has 0 bridgehead atoms. The second kappa shape index (κ2) is 5.70. The first kappa shape index (κ1) is 13.3. The summed E-state index contributed by atoms with van der Waals surface area (Å²) in [6.45, 7) is 2.19. The minimum Gasteiger partial charge on any atom is -0.398 e. The molecule has 0 radical (unpaired) electrons. The number of nitrogens with two attached hydrogens (primary N) is 1. The van der Waals surface area contributed by atoms with Crippen LogP contribution in [0.15, 0.2) is 18.2 Å². The largest absolute Gasteiger partial charge is 0.398 e. The zero-order chi connectivity index (χ0) is 13.1. The molecule has 1 aromatic rings. The molecule has 2 rings (SSSR count). The van der Waals surface area contributed by atoms with Crippen LogP contribution in [0.5, 0.6) is 0 Å². The van der Waals surface area contributed by atoms with Crippen LogP contribution in [-0.4, -0.2) is 5.11 Å². The van der Waals surface area contributed by atoms with E-state index in [-0.39, 0.29) is 11.7 Å². The van der Waals surface area contributed by atoms with E-state index in [1.54, 1.807) is 0 Å². The van der Waals surface area contributed by atoms with Gasteiger partial charge in [0.05, 0.1) is 6.10 Å². The Bertz CT molecular complexity index is 407. The normalized spacial score (nSPS) is 25.9. The number of hydrogen-bond acceptors (Lipinski definition) is 2. The highest BCUT2D eigenvalue weighted by Crippen LogP contribution is 2.39. The van der Waals surface area contributed by atoms with Crippen molar-refractivity contribution in [3.8, 4) is 0 Å². The van der Waals surface area contributed by atoms with E-state index in [1.807, 2.05) is 0 Å². The van der Waals surface area contributed by atoms with Crippen molar-refractivity contribution in [3.05, 3.63) is 29.6 Å². The topological polar surface area (TPSA) is 46.2 Å². The quantitative estimate of drug-likeness (QED) is 0.805. The summed E-state index contributed by atoms with van der Waals surface area (Å²) in [7, 11) is 0. The van der Waals surface area contributed by atoms with Gasteiger partial charge in [-0.1, -0.05) is 26.2 Å². The molecule has 0 heterocycles. The third-order valence-electron chi connectivity index (χ3n) is 4.21. The van der Waals surface area contributed by atoms with Crippen LogP contribution in [-0.2, 0) is 0 Å². The van der Waals surface area contributed by atoms with Gasteiger partial charge < -0.3 is 10.8 Å². The molecule has 1 saturated carbocycles. The number of benzene rings is 1. The van der Waals surface area contributed by atoms with Gasteiger partial charge in [0.25, 0.3) is 0 Å². The molecule has 3 heteroatoms. The van der Waals surface area contributed by atoms with Crippen molar-refractivity contribution >= 4 is 5.69 Å². The van der Waals surface area contributed by atoms with Crippen LogP contribution < -0.4 is 5.73 Å². The van der Waals surface area contributed by atoms with E-state index in [2.05, 4.69) is 6.92 Å². The number of halogens is 1. The molecule has 100 valence electrons. The molecule has 2 nitrogen and oxygen atoms in total. The summed E-state index contributed by atoms with van der Waals surface area (Å²) < 4.78 is 13.3. The van der Waals surface area contributed by atoms with Gasteiger partial charge in [-0.2, -0.15) is 0 Å². The molecule has 18 heavy (non-hydrogen) atoms. The smallest absolute Gasteiger partial charge is 0.123 e. The minimum atomic E-state index is -0.630. The Morgan fingerprint density at radius 2 is 2.22 bits per heavy atom. The molecule has 1 aromatic carbocycles. The van der Waals surface area contributed by atoms with Crippen LogP contribution in [0.3, 0.4) is 0 Å². The number of anilines is 1. The van der Waals surface area contributed by atoms with Gasteiger partial charge >= 0.3 is 0 Å². The molecule has 3 unspecified atom stereocenters. The Morgan fingerprint density at radius 1 is 1.44 bits per heavy atom. The van der Waals surface area contributed by atoms with Crippen LogP contribution in [0.1, 0.15) is 50.7 Å². The molecular formula is C15H22FNO. The fourth-order valence-corrected chi connectivity index (χ4v) is 3.05. The van der Waals surface area contributed by atoms with Crippen molar-refractivity contribution in [2.24, 2.45) is 11.8 Å². The molecule has 0 aromatic heterocycles. The SMILES string of the molecule is CCC1CCCC(C(O)c2cc(F)ccc2N)C1. The lowest BCUT2D eigenvalue weighted by Crippen LogP contribution is -2.22. The van der Waals surface area contributed by atoms with Gasteiger partial charge in [0, 0.05) is 11.3 Å². The van der Waals surface area contributed by atoms with Gasteiger partial charge in [-0.3, -0.25) is 0 Å². The van der Waals surface area contributed by atoms with E-state index in [4.69, 9.17) is 5.73 Å². The highest BCUT2D eigenvalue weighted by atomic mass is 19.1. The third kappa shape index (κ3) is 2.83. The molecular weight excluding hydrogens is 229 g/mol. The van der Waals surface area contributed by atoms with Crippen LogP contribution in [0, 0.1) is 17.7 Å². The van der Waals surface area contributed by atoms with E-state index in [9.17, 15) is 9.50 Å². The number of aliphatic hydroxyl groups excluding tert-OH is 1. The molecule has 3 atom stereocenters. The lowest BCUT2D eigenvalue weighted by Gasteiger charge is -2.32. The van der Waals surface area contributed by atoms with Crippen molar-refractivity contribution in [1.29, 1.82) is 0 Å². The summed E-state index contributed by atoms with van der Waals surface area (Å²) in [5.74, 6) is 0.571. The van der Waals surface area contributed by atoms with Crippen molar-refractivity contribution in [2.45, 2.75) is 45.1 Å². The highest BCUT2D eigenvalue weighted by Gasteiger charge is 2.28. The maximum Gasteiger partial charge on any atom is 0.123 e. The monoisotopic (exact) mass is 251 g/mol. The van der Waals surface area contributed by atoms with Crippen LogP contribution in [0.4, 0.5) is 10.1 Å². The summed E-state index contributed by atoms with van der Waals surface area (Å²) in [5.41, 5.74) is 6.88. The summed E-state index contributed by atoms with van der Waals surface area (Å²) in [4.78, 5) is 0. The zero-order valence-corrected chi connectivity index (χ0v) is 10.9. The standard InChI is InChI=1S/C15H22FNO/c1-2-10-4-3-5-11(8-10)15(18)13-9-12(16)6-7-14(13)17/h6-7,9-11,15,18H,2-5,8,17H2,1H3. The first-order valence-corrected chi connectivity index (χ1v) is 6.84. The number of nitrogen functional groups attached to an aromatic ring is 1. The van der Waals surface area contributed by atoms with Crippen molar-refractivity contribution in [3.63, 3.8) is 0 Å². The molecule has 1 aliphatic rings. The van der Waals surface area contributed by atoms with Gasteiger partial charge in [0.2, 0.25) is 0 Å². The third-order valence-corrected chi connectivity index (χ3v) is 4.21. The predicted octanol–water partition coefficient (Wildman–Crippen LogP) is 3.66. The van der Waals surface area contributed by atoms with E-state index in [0.717, 1.165) is 25.7 Å². The number of rotatable bonds is 3. The lowest BCUT2D eigenvalue weighted by molar-refractivity contribution is 0.0681. The Hall–Kier alpha value is -1.09. The fourth-order valence-electron chi connectivity index (χ4n) is 3.05. The van der Waals surface area contributed by atoms with Crippen LogP contribution in [0.25, 0.3) is 0 Å². The molecule has 0 amide bonds. The molecule has 0 spiro atoms. The summed E-state index contributed by atoms with van der Waals surface area (Å²) >= 11 is 0. The van der Waals surface area contributed by atoms with Crippen LogP contribution in [0.2, 0.25) is 0 Å². The maximum atomic E-state index is 13.3. The Morgan fingerprint density at radius 3 is 2.94 bits per heavy atom. The first-order valence-electron chi connectivity index (χ1n) is 6.84. The molecule has 0 aliphatic heterocycles. The van der Waals surface area contributed by atoms with Gasteiger partial charge in [-0.15, -0.1) is 0 Å². The fraction of sp³-hybridized carbons (Fsp3) is 0.600.